The number of halogens is 1. The predicted octanol–water partition coefficient (Wildman–Crippen LogP) is 4.31. The van der Waals surface area contributed by atoms with Gasteiger partial charge in [-0.05, 0) is 36.4 Å². The molecule has 0 amide bonds. The molecule has 8 nitrogen and oxygen atoms in total. The molecule has 32 heavy (non-hydrogen) atoms. The molecule has 1 aliphatic rings. The van der Waals surface area contributed by atoms with Crippen LogP contribution in [-0.2, 0) is 11.8 Å². The van der Waals surface area contributed by atoms with Crippen LogP contribution in [0, 0.1) is 0 Å². The van der Waals surface area contributed by atoms with Crippen LogP contribution in [0.5, 0.6) is 0 Å². The molecule has 0 atom stereocenters. The van der Waals surface area contributed by atoms with E-state index in [1.165, 1.54) is 5.69 Å². The molecule has 1 saturated heterocycles. The van der Waals surface area contributed by atoms with E-state index in [1.807, 2.05) is 30.8 Å². The highest BCUT2D eigenvalue weighted by Crippen LogP contribution is 2.34. The molecule has 2 aromatic heterocycles. The molecule has 2 aromatic carbocycles. The van der Waals surface area contributed by atoms with E-state index in [0.717, 1.165) is 54.3 Å². The lowest BCUT2D eigenvalue weighted by molar-refractivity contribution is 0.122. The highest BCUT2D eigenvalue weighted by atomic mass is 35.5. The van der Waals surface area contributed by atoms with Crippen molar-refractivity contribution in [2.75, 3.05) is 48.9 Å². The molecule has 0 bridgehead atoms. The summed E-state index contributed by atoms with van der Waals surface area (Å²) < 4.78 is 7.34. The quantitative estimate of drug-likeness (QED) is 0.470. The van der Waals surface area contributed by atoms with Gasteiger partial charge >= 0.3 is 0 Å². The van der Waals surface area contributed by atoms with Gasteiger partial charge in [-0.3, -0.25) is 0 Å². The second-order valence-corrected chi connectivity index (χ2v) is 8.03. The maximum Gasteiger partial charge on any atom is 0.154 e. The summed E-state index contributed by atoms with van der Waals surface area (Å²) in [5.74, 6) is 1.32. The molecule has 0 saturated carbocycles. The number of anilines is 4. The van der Waals surface area contributed by atoms with Crippen LogP contribution in [0.3, 0.4) is 0 Å². The van der Waals surface area contributed by atoms with Crippen LogP contribution < -0.4 is 15.5 Å². The minimum atomic E-state index is 0.654. The summed E-state index contributed by atoms with van der Waals surface area (Å²) in [5, 5.41) is 7.15. The lowest BCUT2D eigenvalue weighted by Gasteiger charge is -2.28. The van der Waals surface area contributed by atoms with Gasteiger partial charge in [0.05, 0.1) is 41.8 Å². The van der Waals surface area contributed by atoms with Gasteiger partial charge in [0.25, 0.3) is 0 Å². The molecule has 1 fully saturated rings. The molecular formula is C23H24ClN7O. The van der Waals surface area contributed by atoms with Crippen molar-refractivity contribution in [1.29, 1.82) is 0 Å². The fourth-order valence-corrected chi connectivity index (χ4v) is 4.25. The molecule has 0 radical (unpaired) electrons. The van der Waals surface area contributed by atoms with E-state index in [-0.39, 0.29) is 0 Å². The summed E-state index contributed by atoms with van der Waals surface area (Å²) in [6.45, 7) is 3.37. The zero-order chi connectivity index (χ0) is 22.1. The fourth-order valence-electron chi connectivity index (χ4n) is 3.96. The van der Waals surface area contributed by atoms with Crippen LogP contribution in [0.2, 0.25) is 5.02 Å². The summed E-state index contributed by atoms with van der Waals surface area (Å²) in [7, 11) is 3.76. The normalized spacial score (nSPS) is 14.0. The van der Waals surface area contributed by atoms with Gasteiger partial charge in [-0.1, -0.05) is 11.6 Å². The van der Waals surface area contributed by atoms with E-state index in [9.17, 15) is 0 Å². The summed E-state index contributed by atoms with van der Waals surface area (Å²) in [6, 6.07) is 12.1. The Labute approximate surface area is 191 Å². The van der Waals surface area contributed by atoms with Crippen LogP contribution in [0.15, 0.2) is 48.9 Å². The van der Waals surface area contributed by atoms with Crippen LogP contribution in [0.1, 0.15) is 0 Å². The monoisotopic (exact) mass is 449 g/mol. The molecule has 0 unspecified atom stereocenters. The van der Waals surface area contributed by atoms with Gasteiger partial charge in [0.15, 0.2) is 11.6 Å². The van der Waals surface area contributed by atoms with E-state index >= 15 is 0 Å². The number of imidazole rings is 1. The maximum absolute atomic E-state index is 6.38. The summed E-state index contributed by atoms with van der Waals surface area (Å²) in [6.07, 6.45) is 3.48. The van der Waals surface area contributed by atoms with Crippen molar-refractivity contribution in [3.63, 3.8) is 0 Å². The average molecular weight is 450 g/mol. The van der Waals surface area contributed by atoms with Gasteiger partial charge in [0.1, 0.15) is 5.69 Å². The smallest absolute Gasteiger partial charge is 0.154 e. The Hall–Kier alpha value is -3.36. The Morgan fingerprint density at radius 3 is 2.56 bits per heavy atom. The molecule has 2 N–H and O–H groups in total. The van der Waals surface area contributed by atoms with Crippen LogP contribution in [0.25, 0.3) is 22.3 Å². The Bertz CT molecular complexity index is 1250. The summed E-state index contributed by atoms with van der Waals surface area (Å²) in [5.41, 5.74) is 5.41. The molecular weight excluding hydrogens is 426 g/mol. The van der Waals surface area contributed by atoms with Gasteiger partial charge in [-0.2, -0.15) is 0 Å². The molecule has 1 aliphatic heterocycles. The Kier molecular flexibility index (Phi) is 5.55. The van der Waals surface area contributed by atoms with Crippen molar-refractivity contribution < 1.29 is 4.74 Å². The second-order valence-electron chi connectivity index (χ2n) is 7.62. The number of rotatable bonds is 5. The number of aromatic nitrogens is 4. The first-order chi connectivity index (χ1) is 15.6. The lowest BCUT2D eigenvalue weighted by Crippen LogP contribution is -2.36. The van der Waals surface area contributed by atoms with Crippen LogP contribution in [-0.4, -0.2) is 52.9 Å². The highest BCUT2D eigenvalue weighted by molar-refractivity contribution is 6.35. The number of aryl methyl sites for hydroxylation is 1. The van der Waals surface area contributed by atoms with Crippen LogP contribution >= 0.6 is 11.6 Å². The first-order valence-electron chi connectivity index (χ1n) is 10.5. The predicted molar refractivity (Wildman–Crippen MR) is 129 cm³/mol. The number of benzene rings is 2. The molecule has 5 rings (SSSR count). The number of hydrogen-bond acceptors (Lipinski definition) is 7. The van der Waals surface area contributed by atoms with E-state index in [1.54, 1.807) is 12.5 Å². The Balaban J connectivity index is 1.41. The first kappa shape index (κ1) is 20.5. The van der Waals surface area contributed by atoms with Gasteiger partial charge in [0.2, 0.25) is 0 Å². The Morgan fingerprint density at radius 1 is 1.03 bits per heavy atom. The Morgan fingerprint density at radius 2 is 1.81 bits per heavy atom. The minimum Gasteiger partial charge on any atom is -0.378 e. The number of ether oxygens (including phenoxy) is 1. The van der Waals surface area contributed by atoms with Gasteiger partial charge in [-0.25, -0.2) is 15.0 Å². The van der Waals surface area contributed by atoms with Gasteiger partial charge in [0, 0.05) is 44.1 Å². The SMILES string of the molecule is CNc1nc(Nc2ccc(N3CCOCC3)cc2)cnc1-c1ccc(Cl)c2c1ncn2C. The number of fused-ring (bicyclic) bond motifs is 1. The molecule has 0 aliphatic carbocycles. The number of morpholine rings is 1. The van der Waals surface area contributed by atoms with Crippen molar-refractivity contribution in [3.05, 3.63) is 53.9 Å². The van der Waals surface area contributed by atoms with Crippen molar-refractivity contribution in [3.8, 4) is 11.3 Å². The molecule has 164 valence electrons. The molecule has 3 heterocycles. The number of hydrogen-bond donors (Lipinski definition) is 2. The molecule has 9 heteroatoms. The summed E-state index contributed by atoms with van der Waals surface area (Å²) >= 11 is 6.38. The third kappa shape index (κ3) is 3.83. The van der Waals surface area contributed by atoms with Crippen molar-refractivity contribution in [2.24, 2.45) is 7.05 Å². The fraction of sp³-hybridized carbons (Fsp3) is 0.261. The first-order valence-corrected chi connectivity index (χ1v) is 10.9. The minimum absolute atomic E-state index is 0.654. The zero-order valence-corrected chi connectivity index (χ0v) is 18.7. The highest BCUT2D eigenvalue weighted by Gasteiger charge is 2.17. The van der Waals surface area contributed by atoms with Gasteiger partial charge < -0.3 is 24.8 Å². The second kappa shape index (κ2) is 8.64. The van der Waals surface area contributed by atoms with E-state index < -0.39 is 0 Å². The number of nitrogens with one attached hydrogen (secondary N) is 2. The maximum atomic E-state index is 6.38. The number of nitrogens with zero attached hydrogens (tertiary/aromatic N) is 5. The van der Waals surface area contributed by atoms with E-state index in [2.05, 4.69) is 44.8 Å². The lowest BCUT2D eigenvalue weighted by atomic mass is 10.1. The topological polar surface area (TPSA) is 80.1 Å². The zero-order valence-electron chi connectivity index (χ0n) is 18.0. The third-order valence-electron chi connectivity index (χ3n) is 5.60. The largest absolute Gasteiger partial charge is 0.378 e. The van der Waals surface area contributed by atoms with Crippen molar-refractivity contribution in [2.45, 2.75) is 0 Å². The molecule has 4 aromatic rings. The van der Waals surface area contributed by atoms with Crippen molar-refractivity contribution >= 4 is 45.6 Å². The van der Waals surface area contributed by atoms with E-state index in [4.69, 9.17) is 26.3 Å². The van der Waals surface area contributed by atoms with Crippen LogP contribution in [0.4, 0.5) is 23.0 Å². The summed E-state index contributed by atoms with van der Waals surface area (Å²) in [4.78, 5) is 16.3. The van der Waals surface area contributed by atoms with Gasteiger partial charge in [-0.15, -0.1) is 0 Å². The molecule has 0 spiro atoms. The van der Waals surface area contributed by atoms with Crippen molar-refractivity contribution in [1.82, 2.24) is 19.5 Å². The van der Waals surface area contributed by atoms with E-state index in [0.29, 0.717) is 16.7 Å². The average Bonchev–Trinajstić information content (AvgIpc) is 3.23. The standard InChI is InChI=1S/C23H24ClN7O/c1-25-23-21(17-7-8-18(24)22-20(17)27-14-30(22)2)26-13-19(29-23)28-15-3-5-16(6-4-15)31-9-11-32-12-10-31/h3-8,13-14H,9-12H2,1-2H3,(H2,25,28,29). The third-order valence-corrected chi connectivity index (χ3v) is 5.90.